The topological polar surface area (TPSA) is 50.9 Å². The Balaban J connectivity index is 2.41. The van der Waals surface area contributed by atoms with E-state index < -0.39 is 0 Å². The van der Waals surface area contributed by atoms with Crippen LogP contribution in [0.5, 0.6) is 0 Å². The third kappa shape index (κ3) is 2.50. The second-order valence-corrected chi connectivity index (χ2v) is 4.35. The molecule has 0 amide bonds. The molecule has 0 aliphatic rings. The van der Waals surface area contributed by atoms with Crippen LogP contribution >= 0.6 is 11.6 Å². The molecule has 1 aromatic carbocycles. The largest absolute Gasteiger partial charge is 0.396 e. The minimum atomic E-state index is 0.606. The van der Waals surface area contributed by atoms with Gasteiger partial charge in [-0.25, -0.2) is 4.98 Å². The average Bonchev–Trinajstić information content (AvgIpc) is 2.28. The zero-order valence-electron chi connectivity index (χ0n) is 9.79. The van der Waals surface area contributed by atoms with E-state index in [0.29, 0.717) is 16.5 Å². The van der Waals surface area contributed by atoms with Gasteiger partial charge in [0, 0.05) is 5.69 Å². The second-order valence-electron chi connectivity index (χ2n) is 3.95. The van der Waals surface area contributed by atoms with Crippen LogP contribution in [0.25, 0.3) is 0 Å². The van der Waals surface area contributed by atoms with E-state index in [-0.39, 0.29) is 0 Å². The summed E-state index contributed by atoms with van der Waals surface area (Å²) >= 11 is 6.14. The third-order valence-corrected chi connectivity index (χ3v) is 2.85. The highest BCUT2D eigenvalue weighted by Gasteiger charge is 2.07. The minimum absolute atomic E-state index is 0.606. The van der Waals surface area contributed by atoms with Crippen molar-refractivity contribution in [2.45, 2.75) is 13.8 Å². The first-order valence-electron chi connectivity index (χ1n) is 5.33. The van der Waals surface area contributed by atoms with Crippen molar-refractivity contribution in [3.05, 3.63) is 46.6 Å². The lowest BCUT2D eigenvalue weighted by Gasteiger charge is -2.12. The summed E-state index contributed by atoms with van der Waals surface area (Å²) < 4.78 is 0. The molecule has 0 atom stereocenters. The van der Waals surface area contributed by atoms with Gasteiger partial charge in [-0.2, -0.15) is 0 Å². The van der Waals surface area contributed by atoms with Gasteiger partial charge in [0.1, 0.15) is 0 Å². The van der Waals surface area contributed by atoms with E-state index in [1.54, 1.807) is 0 Å². The number of pyridine rings is 1. The summed E-state index contributed by atoms with van der Waals surface area (Å²) in [6.45, 7) is 3.91. The number of nitrogen functional groups attached to an aromatic ring is 1. The fourth-order valence-corrected chi connectivity index (χ4v) is 1.85. The highest BCUT2D eigenvalue weighted by atomic mass is 35.5. The highest BCUT2D eigenvalue weighted by molar-refractivity contribution is 6.33. The predicted octanol–water partition coefficient (Wildman–Crippen LogP) is 3.68. The van der Waals surface area contributed by atoms with Gasteiger partial charge in [0.25, 0.3) is 0 Å². The van der Waals surface area contributed by atoms with Gasteiger partial charge in [-0.1, -0.05) is 23.7 Å². The lowest BCUT2D eigenvalue weighted by Crippen LogP contribution is -2.01. The maximum Gasteiger partial charge on any atom is 0.153 e. The molecule has 1 aromatic heterocycles. The monoisotopic (exact) mass is 247 g/mol. The summed E-state index contributed by atoms with van der Waals surface area (Å²) in [5, 5.41) is 3.84. The van der Waals surface area contributed by atoms with Gasteiger partial charge in [0.15, 0.2) is 5.82 Å². The van der Waals surface area contributed by atoms with Crippen LogP contribution in [0.2, 0.25) is 5.02 Å². The molecule has 0 radical (unpaired) electrons. The molecule has 0 fully saturated rings. The summed E-state index contributed by atoms with van der Waals surface area (Å²) in [5.41, 5.74) is 9.29. The molecule has 0 aliphatic carbocycles. The number of para-hydroxylation sites is 1. The van der Waals surface area contributed by atoms with Crippen molar-refractivity contribution < 1.29 is 0 Å². The number of aryl methyl sites for hydroxylation is 2. The fraction of sp³-hybridized carbons (Fsp3) is 0.154. The Morgan fingerprint density at radius 2 is 1.94 bits per heavy atom. The van der Waals surface area contributed by atoms with E-state index in [1.807, 2.05) is 44.2 Å². The van der Waals surface area contributed by atoms with E-state index in [9.17, 15) is 0 Å². The number of nitrogens with one attached hydrogen (secondary N) is 1. The minimum Gasteiger partial charge on any atom is -0.396 e. The van der Waals surface area contributed by atoms with E-state index in [4.69, 9.17) is 17.3 Å². The molecule has 0 unspecified atom stereocenters. The number of halogens is 1. The van der Waals surface area contributed by atoms with Crippen molar-refractivity contribution in [3.63, 3.8) is 0 Å². The van der Waals surface area contributed by atoms with Crippen LogP contribution in [-0.4, -0.2) is 4.98 Å². The van der Waals surface area contributed by atoms with Crippen LogP contribution in [0.1, 0.15) is 11.3 Å². The Morgan fingerprint density at radius 1 is 1.18 bits per heavy atom. The number of nitrogens with two attached hydrogens (primary N) is 1. The highest BCUT2D eigenvalue weighted by Crippen LogP contribution is 2.30. The number of rotatable bonds is 2. The molecule has 0 saturated carbocycles. The fourth-order valence-electron chi connectivity index (χ4n) is 1.58. The average molecular weight is 248 g/mol. The molecule has 17 heavy (non-hydrogen) atoms. The van der Waals surface area contributed by atoms with Gasteiger partial charge in [-0.15, -0.1) is 0 Å². The molecule has 0 aliphatic heterocycles. The summed E-state index contributed by atoms with van der Waals surface area (Å²) in [7, 11) is 0. The van der Waals surface area contributed by atoms with Crippen LogP contribution in [-0.2, 0) is 0 Å². The smallest absolute Gasteiger partial charge is 0.153 e. The zero-order valence-corrected chi connectivity index (χ0v) is 10.5. The lowest BCUT2D eigenvalue weighted by atomic mass is 10.2. The van der Waals surface area contributed by atoms with Gasteiger partial charge in [-0.3, -0.25) is 0 Å². The van der Waals surface area contributed by atoms with Gasteiger partial charge in [-0.05, 0) is 37.6 Å². The number of hydrogen-bond donors (Lipinski definition) is 2. The Hall–Kier alpha value is -1.74. The normalized spacial score (nSPS) is 10.3. The predicted molar refractivity (Wildman–Crippen MR) is 72.9 cm³/mol. The van der Waals surface area contributed by atoms with Crippen molar-refractivity contribution >= 4 is 28.8 Å². The Kier molecular flexibility index (Phi) is 3.20. The number of anilines is 3. The van der Waals surface area contributed by atoms with Crippen LogP contribution in [0, 0.1) is 13.8 Å². The Morgan fingerprint density at radius 3 is 2.65 bits per heavy atom. The Bertz CT molecular complexity index is 532. The number of nitrogens with zero attached hydrogens (tertiary/aromatic N) is 1. The quantitative estimate of drug-likeness (QED) is 0.851. The van der Waals surface area contributed by atoms with E-state index in [2.05, 4.69) is 10.3 Å². The Labute approximate surface area is 106 Å². The number of aromatic nitrogens is 1. The molecule has 0 saturated heterocycles. The SMILES string of the molecule is Cc1ccc(N)c(Nc2c(C)cccc2Cl)n1. The van der Waals surface area contributed by atoms with Crippen LogP contribution < -0.4 is 11.1 Å². The van der Waals surface area contributed by atoms with Gasteiger partial charge < -0.3 is 11.1 Å². The van der Waals surface area contributed by atoms with E-state index >= 15 is 0 Å². The lowest BCUT2D eigenvalue weighted by molar-refractivity contribution is 1.20. The molecular formula is C13H14ClN3. The summed E-state index contributed by atoms with van der Waals surface area (Å²) in [6, 6.07) is 9.44. The molecule has 2 rings (SSSR count). The number of hydrogen-bond acceptors (Lipinski definition) is 3. The van der Waals surface area contributed by atoms with Crippen molar-refractivity contribution in [3.8, 4) is 0 Å². The first kappa shape index (κ1) is 11.7. The molecule has 1 heterocycles. The third-order valence-electron chi connectivity index (χ3n) is 2.53. The zero-order chi connectivity index (χ0) is 12.4. The molecule has 88 valence electrons. The molecule has 0 bridgehead atoms. The van der Waals surface area contributed by atoms with Gasteiger partial charge in [0.05, 0.1) is 16.4 Å². The van der Waals surface area contributed by atoms with Crippen LogP contribution in [0.3, 0.4) is 0 Å². The van der Waals surface area contributed by atoms with Crippen molar-refractivity contribution in [1.29, 1.82) is 0 Å². The maximum atomic E-state index is 6.14. The first-order chi connectivity index (χ1) is 8.08. The molecule has 0 spiro atoms. The van der Waals surface area contributed by atoms with Crippen LogP contribution in [0.15, 0.2) is 30.3 Å². The van der Waals surface area contributed by atoms with Crippen molar-refractivity contribution in [2.24, 2.45) is 0 Å². The number of benzene rings is 1. The first-order valence-corrected chi connectivity index (χ1v) is 5.71. The molecule has 4 heteroatoms. The van der Waals surface area contributed by atoms with Gasteiger partial charge >= 0.3 is 0 Å². The molecule has 3 N–H and O–H groups in total. The molecule has 2 aromatic rings. The summed E-state index contributed by atoms with van der Waals surface area (Å²) in [4.78, 5) is 4.36. The molecule has 3 nitrogen and oxygen atoms in total. The van der Waals surface area contributed by atoms with Gasteiger partial charge in [0.2, 0.25) is 0 Å². The second kappa shape index (κ2) is 4.63. The summed E-state index contributed by atoms with van der Waals surface area (Å²) in [6.07, 6.45) is 0. The standard InChI is InChI=1S/C13H14ClN3/c1-8-4-3-5-10(14)12(8)17-13-11(15)7-6-9(2)16-13/h3-7H,15H2,1-2H3,(H,16,17). The molecular weight excluding hydrogens is 234 g/mol. The van der Waals surface area contributed by atoms with Crippen molar-refractivity contribution in [2.75, 3.05) is 11.1 Å². The van der Waals surface area contributed by atoms with E-state index in [1.165, 1.54) is 0 Å². The van der Waals surface area contributed by atoms with Crippen molar-refractivity contribution in [1.82, 2.24) is 4.98 Å². The maximum absolute atomic E-state index is 6.14. The van der Waals surface area contributed by atoms with Crippen LogP contribution in [0.4, 0.5) is 17.2 Å². The van der Waals surface area contributed by atoms with E-state index in [0.717, 1.165) is 16.9 Å². The summed E-state index contributed by atoms with van der Waals surface area (Å²) in [5.74, 6) is 0.640.